The Kier molecular flexibility index (Phi) is 5.74. The highest BCUT2D eigenvalue weighted by atomic mass is 32.1. The third kappa shape index (κ3) is 4.58. The van der Waals surface area contributed by atoms with Crippen molar-refractivity contribution < 1.29 is 9.53 Å². The van der Waals surface area contributed by atoms with Gasteiger partial charge in [-0.25, -0.2) is 0 Å². The van der Waals surface area contributed by atoms with Gasteiger partial charge in [0.1, 0.15) is 22.4 Å². The maximum absolute atomic E-state index is 12.8. The fourth-order valence-corrected chi connectivity index (χ4v) is 4.28. The second-order valence-electron chi connectivity index (χ2n) is 7.85. The molecular formula is C23H22N6O2S. The molecule has 32 heavy (non-hydrogen) atoms. The first-order chi connectivity index (χ1) is 15.6. The van der Waals surface area contributed by atoms with Crippen LogP contribution in [-0.2, 0) is 0 Å². The zero-order valence-corrected chi connectivity index (χ0v) is 18.4. The molecule has 5 rings (SSSR count). The standard InChI is InChI=1S/C23H22N6O2S/c1-29-9-7-18(8-10-29)31-19-4-2-3-15(12-19)22(30)25-21-13-17-11-16(23-28-24-14-32-23)5-6-20(17)26-27-21/h2-6,11-14,18H,7-10H2,1H3,(H,25,27,30). The molecule has 3 heterocycles. The molecule has 8 nitrogen and oxygen atoms in total. The van der Waals surface area contributed by atoms with Crippen LogP contribution >= 0.6 is 11.3 Å². The smallest absolute Gasteiger partial charge is 0.256 e. The van der Waals surface area contributed by atoms with Crippen molar-refractivity contribution in [2.24, 2.45) is 0 Å². The Morgan fingerprint density at radius 1 is 1.09 bits per heavy atom. The first-order valence-electron chi connectivity index (χ1n) is 10.4. The van der Waals surface area contributed by atoms with E-state index in [4.69, 9.17) is 4.74 Å². The number of amides is 1. The molecule has 1 fully saturated rings. The van der Waals surface area contributed by atoms with Gasteiger partial charge in [-0.3, -0.25) is 4.79 Å². The maximum atomic E-state index is 12.8. The lowest BCUT2D eigenvalue weighted by atomic mass is 10.1. The van der Waals surface area contributed by atoms with Crippen LogP contribution in [0.15, 0.2) is 54.0 Å². The number of rotatable bonds is 5. The summed E-state index contributed by atoms with van der Waals surface area (Å²) in [5, 5.41) is 20.9. The molecule has 162 valence electrons. The Labute approximate surface area is 189 Å². The molecule has 0 spiro atoms. The van der Waals surface area contributed by atoms with E-state index in [9.17, 15) is 4.79 Å². The number of fused-ring (bicyclic) bond motifs is 1. The van der Waals surface area contributed by atoms with Crippen LogP contribution in [0.5, 0.6) is 5.75 Å². The van der Waals surface area contributed by atoms with Crippen LogP contribution in [0.3, 0.4) is 0 Å². The van der Waals surface area contributed by atoms with Gasteiger partial charge in [0, 0.05) is 29.6 Å². The lowest BCUT2D eigenvalue weighted by Crippen LogP contribution is -2.35. The van der Waals surface area contributed by atoms with Crippen molar-refractivity contribution >= 4 is 34.0 Å². The van der Waals surface area contributed by atoms with E-state index in [-0.39, 0.29) is 12.0 Å². The third-order valence-electron chi connectivity index (χ3n) is 5.50. The molecule has 1 aliphatic heterocycles. The first kappa shape index (κ1) is 20.5. The minimum Gasteiger partial charge on any atom is -0.490 e. The lowest BCUT2D eigenvalue weighted by Gasteiger charge is -2.29. The van der Waals surface area contributed by atoms with Gasteiger partial charge in [-0.1, -0.05) is 17.4 Å². The number of likely N-dealkylation sites (tertiary alicyclic amines) is 1. The van der Waals surface area contributed by atoms with Crippen molar-refractivity contribution in [3.05, 3.63) is 59.6 Å². The van der Waals surface area contributed by atoms with Gasteiger partial charge in [-0.05, 0) is 62.4 Å². The maximum Gasteiger partial charge on any atom is 0.256 e. The van der Waals surface area contributed by atoms with Crippen molar-refractivity contribution in [1.29, 1.82) is 0 Å². The molecule has 0 atom stereocenters. The van der Waals surface area contributed by atoms with Crippen molar-refractivity contribution in [2.45, 2.75) is 18.9 Å². The van der Waals surface area contributed by atoms with E-state index in [1.165, 1.54) is 11.3 Å². The van der Waals surface area contributed by atoms with Crippen molar-refractivity contribution in [3.8, 4) is 16.3 Å². The van der Waals surface area contributed by atoms with E-state index >= 15 is 0 Å². The average molecular weight is 447 g/mol. The molecule has 0 bridgehead atoms. The molecule has 1 N–H and O–H groups in total. The zero-order valence-electron chi connectivity index (χ0n) is 17.6. The van der Waals surface area contributed by atoms with Gasteiger partial charge in [0.2, 0.25) is 0 Å². The Morgan fingerprint density at radius 3 is 2.78 bits per heavy atom. The number of benzene rings is 2. The third-order valence-corrected chi connectivity index (χ3v) is 6.24. The summed E-state index contributed by atoms with van der Waals surface area (Å²) >= 11 is 1.47. The number of piperidine rings is 1. The fraction of sp³-hybridized carbons (Fsp3) is 0.261. The summed E-state index contributed by atoms with van der Waals surface area (Å²) in [5.74, 6) is 0.838. The van der Waals surface area contributed by atoms with Crippen LogP contribution in [0.4, 0.5) is 5.82 Å². The largest absolute Gasteiger partial charge is 0.490 e. The van der Waals surface area contributed by atoms with Gasteiger partial charge < -0.3 is 15.0 Å². The molecule has 0 aliphatic carbocycles. The molecule has 1 aliphatic rings. The highest BCUT2D eigenvalue weighted by Crippen LogP contribution is 2.25. The summed E-state index contributed by atoms with van der Waals surface area (Å²) in [5.41, 5.74) is 3.90. The summed E-state index contributed by atoms with van der Waals surface area (Å²) in [6.45, 7) is 2.04. The molecular weight excluding hydrogens is 424 g/mol. The van der Waals surface area contributed by atoms with Crippen LogP contribution in [0.2, 0.25) is 0 Å². The van der Waals surface area contributed by atoms with Gasteiger partial charge >= 0.3 is 0 Å². The molecule has 0 radical (unpaired) electrons. The van der Waals surface area contributed by atoms with E-state index in [1.807, 2.05) is 36.4 Å². The van der Waals surface area contributed by atoms with Gasteiger partial charge in [0.15, 0.2) is 5.82 Å². The van der Waals surface area contributed by atoms with Crippen molar-refractivity contribution in [2.75, 3.05) is 25.5 Å². The van der Waals surface area contributed by atoms with Crippen LogP contribution in [-0.4, -0.2) is 57.4 Å². The molecule has 0 unspecified atom stereocenters. The van der Waals surface area contributed by atoms with E-state index in [0.29, 0.717) is 17.1 Å². The Bertz CT molecular complexity index is 1240. The Balaban J connectivity index is 1.31. The van der Waals surface area contributed by atoms with Crippen molar-refractivity contribution in [1.82, 2.24) is 25.3 Å². The molecule has 1 amide bonds. The van der Waals surface area contributed by atoms with E-state index < -0.39 is 0 Å². The quantitative estimate of drug-likeness (QED) is 0.497. The van der Waals surface area contributed by atoms with E-state index in [2.05, 4.69) is 37.7 Å². The normalized spacial score (nSPS) is 15.0. The van der Waals surface area contributed by atoms with Gasteiger partial charge in [-0.15, -0.1) is 20.4 Å². The summed E-state index contributed by atoms with van der Waals surface area (Å²) < 4.78 is 6.11. The minimum atomic E-state index is -0.257. The number of ether oxygens (including phenoxy) is 1. The molecule has 2 aromatic carbocycles. The SMILES string of the molecule is CN1CCC(Oc2cccc(C(=O)Nc3cc4cc(-c5nncs5)ccc4nn3)c2)CC1. The number of aromatic nitrogens is 4. The lowest BCUT2D eigenvalue weighted by molar-refractivity contribution is 0.102. The Morgan fingerprint density at radius 2 is 1.97 bits per heavy atom. The van der Waals surface area contributed by atoms with Crippen LogP contribution in [0, 0.1) is 0 Å². The number of nitrogens with zero attached hydrogens (tertiary/aromatic N) is 5. The average Bonchev–Trinajstić information content (AvgIpc) is 3.35. The second kappa shape index (κ2) is 8.97. The van der Waals surface area contributed by atoms with E-state index in [1.54, 1.807) is 17.6 Å². The topological polar surface area (TPSA) is 93.1 Å². The second-order valence-corrected chi connectivity index (χ2v) is 8.68. The van der Waals surface area contributed by atoms with Crippen LogP contribution < -0.4 is 10.1 Å². The zero-order chi connectivity index (χ0) is 21.9. The van der Waals surface area contributed by atoms with Gasteiger partial charge in [0.05, 0.1) is 5.52 Å². The minimum absolute atomic E-state index is 0.179. The number of carbonyl (C=O) groups excluding carboxylic acids is 1. The molecule has 2 aromatic heterocycles. The highest BCUT2D eigenvalue weighted by Gasteiger charge is 2.18. The summed E-state index contributed by atoms with van der Waals surface area (Å²) in [4.78, 5) is 15.1. The van der Waals surface area contributed by atoms with Gasteiger partial charge in [0.25, 0.3) is 5.91 Å². The van der Waals surface area contributed by atoms with Crippen LogP contribution in [0.25, 0.3) is 21.5 Å². The highest BCUT2D eigenvalue weighted by molar-refractivity contribution is 7.12. The monoisotopic (exact) mass is 446 g/mol. The summed E-state index contributed by atoms with van der Waals surface area (Å²) in [6.07, 6.45) is 2.15. The summed E-state index contributed by atoms with van der Waals surface area (Å²) in [6, 6.07) is 14.9. The number of nitrogens with one attached hydrogen (secondary N) is 1. The number of anilines is 1. The number of hydrogen-bond acceptors (Lipinski definition) is 8. The number of carbonyl (C=O) groups is 1. The predicted octanol–water partition coefficient (Wildman–Crippen LogP) is 3.87. The number of hydrogen-bond donors (Lipinski definition) is 1. The first-order valence-corrected chi connectivity index (χ1v) is 11.3. The molecule has 4 aromatic rings. The molecule has 0 saturated carbocycles. The molecule has 1 saturated heterocycles. The van der Waals surface area contributed by atoms with E-state index in [0.717, 1.165) is 47.4 Å². The van der Waals surface area contributed by atoms with Crippen molar-refractivity contribution in [3.63, 3.8) is 0 Å². The molecule has 9 heteroatoms. The summed E-state index contributed by atoms with van der Waals surface area (Å²) in [7, 11) is 2.12. The fourth-order valence-electron chi connectivity index (χ4n) is 3.73. The van der Waals surface area contributed by atoms with Crippen LogP contribution in [0.1, 0.15) is 23.2 Å². The predicted molar refractivity (Wildman–Crippen MR) is 124 cm³/mol. The Hall–Kier alpha value is -3.43. The van der Waals surface area contributed by atoms with Gasteiger partial charge in [-0.2, -0.15) is 0 Å².